The number of benzene rings is 1. The maximum absolute atomic E-state index is 12.5. The van der Waals surface area contributed by atoms with Crippen molar-refractivity contribution in [3.8, 4) is 0 Å². The first kappa shape index (κ1) is 8.23. The highest BCUT2D eigenvalue weighted by Gasteiger charge is 2.24. The van der Waals surface area contributed by atoms with Gasteiger partial charge in [-0.1, -0.05) is 12.1 Å². The van der Waals surface area contributed by atoms with Gasteiger partial charge in [-0.15, -0.1) is 0 Å². The van der Waals surface area contributed by atoms with Crippen LogP contribution in [0.15, 0.2) is 24.3 Å². The summed E-state index contributed by atoms with van der Waals surface area (Å²) in [5, 5.41) is 2.77. The minimum absolute atomic E-state index is 0.104. The highest BCUT2D eigenvalue weighted by molar-refractivity contribution is 5.82. The fraction of sp³-hybridized carbons (Fsp3) is 0.300. The molecule has 1 aliphatic heterocycles. The molecule has 0 spiro atoms. The van der Waals surface area contributed by atoms with E-state index < -0.39 is 0 Å². The second-order valence-corrected chi connectivity index (χ2v) is 3.30. The maximum Gasteiger partial charge on any atom is 0.222 e. The fourth-order valence-electron chi connectivity index (χ4n) is 1.46. The van der Waals surface area contributed by atoms with Crippen LogP contribution in [0, 0.1) is 5.82 Å². The Bertz CT molecular complexity index is 312. The second kappa shape index (κ2) is 3.17. The molecule has 1 amide bonds. The predicted molar refractivity (Wildman–Crippen MR) is 46.7 cm³/mol. The summed E-state index contributed by atoms with van der Waals surface area (Å²) >= 11 is 0. The molecule has 1 saturated heterocycles. The van der Waals surface area contributed by atoms with E-state index in [0.29, 0.717) is 6.42 Å². The van der Waals surface area contributed by atoms with E-state index in [9.17, 15) is 9.18 Å². The zero-order chi connectivity index (χ0) is 9.26. The quantitative estimate of drug-likeness (QED) is 0.680. The van der Waals surface area contributed by atoms with Crippen LogP contribution in [-0.4, -0.2) is 11.9 Å². The highest BCUT2D eigenvalue weighted by atomic mass is 19.1. The van der Waals surface area contributed by atoms with Gasteiger partial charge in [0, 0.05) is 12.5 Å². The Morgan fingerprint density at radius 2 is 2.00 bits per heavy atom. The van der Waals surface area contributed by atoms with Crippen molar-refractivity contribution < 1.29 is 9.18 Å². The second-order valence-electron chi connectivity index (χ2n) is 3.30. The summed E-state index contributed by atoms with van der Waals surface area (Å²) in [4.78, 5) is 10.6. The first-order valence-electron chi connectivity index (χ1n) is 4.28. The third-order valence-electron chi connectivity index (χ3n) is 2.19. The van der Waals surface area contributed by atoms with Gasteiger partial charge >= 0.3 is 0 Å². The minimum Gasteiger partial charge on any atom is -0.352 e. The van der Waals surface area contributed by atoms with E-state index in [0.717, 1.165) is 12.0 Å². The number of β-lactam (4-membered cyclic amide) rings is 1. The van der Waals surface area contributed by atoms with Crippen molar-refractivity contribution in [2.75, 3.05) is 0 Å². The molecule has 1 aromatic carbocycles. The monoisotopic (exact) mass is 179 g/mol. The normalized spacial score (nSPS) is 20.7. The van der Waals surface area contributed by atoms with Crippen molar-refractivity contribution in [2.45, 2.75) is 18.9 Å². The molecule has 2 rings (SSSR count). The van der Waals surface area contributed by atoms with E-state index >= 15 is 0 Å². The topological polar surface area (TPSA) is 29.1 Å². The molecule has 13 heavy (non-hydrogen) atoms. The lowest BCUT2D eigenvalue weighted by molar-refractivity contribution is -0.128. The van der Waals surface area contributed by atoms with Crippen LogP contribution in [-0.2, 0) is 11.2 Å². The molecule has 0 aliphatic carbocycles. The molecule has 1 aromatic rings. The summed E-state index contributed by atoms with van der Waals surface area (Å²) in [6.45, 7) is 0. The van der Waals surface area contributed by atoms with E-state index in [2.05, 4.69) is 5.32 Å². The Kier molecular flexibility index (Phi) is 2.00. The van der Waals surface area contributed by atoms with Crippen LogP contribution in [0.4, 0.5) is 4.39 Å². The molecule has 1 atom stereocenters. The Morgan fingerprint density at radius 1 is 1.38 bits per heavy atom. The number of nitrogens with one attached hydrogen (secondary N) is 1. The van der Waals surface area contributed by atoms with Crippen molar-refractivity contribution in [3.63, 3.8) is 0 Å². The lowest BCUT2D eigenvalue weighted by Crippen LogP contribution is -2.49. The van der Waals surface area contributed by atoms with E-state index in [1.807, 2.05) is 0 Å². The first-order chi connectivity index (χ1) is 6.24. The molecule has 1 heterocycles. The van der Waals surface area contributed by atoms with Crippen molar-refractivity contribution >= 4 is 5.91 Å². The first-order valence-corrected chi connectivity index (χ1v) is 4.28. The van der Waals surface area contributed by atoms with Gasteiger partial charge in [-0.2, -0.15) is 0 Å². The number of hydrogen-bond acceptors (Lipinski definition) is 1. The molecule has 0 unspecified atom stereocenters. The lowest BCUT2D eigenvalue weighted by Gasteiger charge is -2.26. The molecule has 0 aromatic heterocycles. The molecule has 0 radical (unpaired) electrons. The number of halogens is 1. The van der Waals surface area contributed by atoms with Gasteiger partial charge in [0.05, 0.1) is 0 Å². The van der Waals surface area contributed by atoms with Crippen LogP contribution in [0.3, 0.4) is 0 Å². The van der Waals surface area contributed by atoms with Crippen molar-refractivity contribution in [3.05, 3.63) is 35.6 Å². The number of carbonyl (C=O) groups is 1. The Labute approximate surface area is 75.8 Å². The summed E-state index contributed by atoms with van der Waals surface area (Å²) in [6.07, 6.45) is 1.39. The summed E-state index contributed by atoms with van der Waals surface area (Å²) < 4.78 is 12.5. The highest BCUT2D eigenvalue weighted by Crippen LogP contribution is 2.12. The molecular weight excluding hydrogens is 169 g/mol. The molecule has 1 N–H and O–H groups in total. The fourth-order valence-corrected chi connectivity index (χ4v) is 1.46. The Morgan fingerprint density at radius 3 is 2.54 bits per heavy atom. The van der Waals surface area contributed by atoms with Crippen LogP contribution in [0.5, 0.6) is 0 Å². The largest absolute Gasteiger partial charge is 0.352 e. The van der Waals surface area contributed by atoms with Crippen LogP contribution in [0.1, 0.15) is 12.0 Å². The third kappa shape index (κ3) is 1.86. The zero-order valence-corrected chi connectivity index (χ0v) is 7.09. The molecule has 0 bridgehead atoms. The van der Waals surface area contributed by atoms with Crippen molar-refractivity contribution in [2.24, 2.45) is 0 Å². The lowest BCUT2D eigenvalue weighted by atomic mass is 9.98. The molecule has 68 valence electrons. The van der Waals surface area contributed by atoms with Gasteiger partial charge in [-0.3, -0.25) is 4.79 Å². The third-order valence-corrected chi connectivity index (χ3v) is 2.19. The number of rotatable bonds is 2. The molecule has 3 heteroatoms. The van der Waals surface area contributed by atoms with Crippen LogP contribution in [0.25, 0.3) is 0 Å². The van der Waals surface area contributed by atoms with Gasteiger partial charge < -0.3 is 5.32 Å². The number of amides is 1. The van der Waals surface area contributed by atoms with Gasteiger partial charge in [-0.05, 0) is 24.1 Å². The van der Waals surface area contributed by atoms with Gasteiger partial charge in [0.1, 0.15) is 5.82 Å². The molecule has 1 fully saturated rings. The number of carbonyl (C=O) groups excluding carboxylic acids is 1. The summed E-state index contributed by atoms with van der Waals surface area (Å²) in [7, 11) is 0. The van der Waals surface area contributed by atoms with Gasteiger partial charge in [0.25, 0.3) is 0 Å². The summed E-state index contributed by atoms with van der Waals surface area (Å²) in [5.41, 5.74) is 1.06. The van der Waals surface area contributed by atoms with Gasteiger partial charge in [0.2, 0.25) is 5.91 Å². The summed E-state index contributed by atoms with van der Waals surface area (Å²) in [5.74, 6) is -0.117. The van der Waals surface area contributed by atoms with E-state index in [1.165, 1.54) is 12.1 Å². The maximum atomic E-state index is 12.5. The SMILES string of the molecule is O=C1C[C@H](Cc2ccc(F)cc2)N1. The van der Waals surface area contributed by atoms with Gasteiger partial charge in [-0.25, -0.2) is 4.39 Å². The smallest absolute Gasteiger partial charge is 0.222 e. The molecule has 2 nitrogen and oxygen atoms in total. The molecule has 1 aliphatic rings. The average molecular weight is 179 g/mol. The van der Waals surface area contributed by atoms with Gasteiger partial charge in [0.15, 0.2) is 0 Å². The van der Waals surface area contributed by atoms with Crippen molar-refractivity contribution in [1.82, 2.24) is 5.32 Å². The van der Waals surface area contributed by atoms with E-state index in [4.69, 9.17) is 0 Å². The van der Waals surface area contributed by atoms with Crippen molar-refractivity contribution in [1.29, 1.82) is 0 Å². The van der Waals surface area contributed by atoms with Crippen LogP contribution in [0.2, 0.25) is 0 Å². The van der Waals surface area contributed by atoms with Crippen LogP contribution < -0.4 is 5.32 Å². The van der Waals surface area contributed by atoms with Crippen LogP contribution >= 0.6 is 0 Å². The standard InChI is InChI=1S/C10H10FNO/c11-8-3-1-7(2-4-8)5-9-6-10(13)12-9/h1-4,9H,5-6H2,(H,12,13)/t9-/m0/s1. The van der Waals surface area contributed by atoms with E-state index in [-0.39, 0.29) is 17.8 Å². The average Bonchev–Trinajstić information content (AvgIpc) is 2.06. The predicted octanol–water partition coefficient (Wildman–Crippen LogP) is 1.26. The minimum atomic E-state index is -0.221. The summed E-state index contributed by atoms with van der Waals surface area (Å²) in [6, 6.07) is 6.63. The Hall–Kier alpha value is -1.38. The zero-order valence-electron chi connectivity index (χ0n) is 7.09. The number of hydrogen-bond donors (Lipinski definition) is 1. The molecule has 0 saturated carbocycles. The van der Waals surface area contributed by atoms with E-state index in [1.54, 1.807) is 12.1 Å². The molecular formula is C10H10FNO. The Balaban J connectivity index is 1.95.